The van der Waals surface area contributed by atoms with Crippen molar-refractivity contribution in [2.24, 2.45) is 0 Å². The highest BCUT2D eigenvalue weighted by Gasteiger charge is 2.36. The van der Waals surface area contributed by atoms with Crippen molar-refractivity contribution in [3.05, 3.63) is 28.2 Å². The Hall–Kier alpha value is -1.02. The number of amides is 1. The van der Waals surface area contributed by atoms with Crippen LogP contribution < -0.4 is 4.74 Å². The third kappa shape index (κ3) is 5.03. The zero-order chi connectivity index (χ0) is 18.7. The second-order valence-corrected chi connectivity index (χ2v) is 9.65. The number of nitrogens with zero attached hydrogens (tertiary/aromatic N) is 1. The van der Waals surface area contributed by atoms with Gasteiger partial charge < -0.3 is 14.4 Å². The third-order valence-electron chi connectivity index (χ3n) is 4.65. The van der Waals surface area contributed by atoms with Crippen LogP contribution in [-0.2, 0) is 19.4 Å². The Morgan fingerprint density at radius 2 is 2.08 bits per heavy atom. The summed E-state index contributed by atoms with van der Waals surface area (Å²) in [4.78, 5) is 14.4. The average Bonchev–Trinajstić information content (AvgIpc) is 3.22. The van der Waals surface area contributed by atoms with Crippen molar-refractivity contribution in [2.75, 3.05) is 31.3 Å². The molecule has 2 fully saturated rings. The summed E-state index contributed by atoms with van der Waals surface area (Å²) in [6, 6.07) is 4.44. The van der Waals surface area contributed by atoms with Gasteiger partial charge in [-0.2, -0.15) is 0 Å². The predicted octanol–water partition coefficient (Wildman–Crippen LogP) is 2.57. The summed E-state index contributed by atoms with van der Waals surface area (Å²) in [5.41, 5.74) is 0. The van der Waals surface area contributed by atoms with Crippen LogP contribution in [0.5, 0.6) is 5.75 Å². The minimum atomic E-state index is -3.09. The summed E-state index contributed by atoms with van der Waals surface area (Å²) in [7, 11) is -3.09. The van der Waals surface area contributed by atoms with Crippen LogP contribution in [0, 0.1) is 0 Å². The first kappa shape index (κ1) is 19.7. The smallest absolute Gasteiger partial charge is 0.260 e. The summed E-state index contributed by atoms with van der Waals surface area (Å²) in [5, 5.41) is 0.747. The molecule has 2 heterocycles. The van der Waals surface area contributed by atoms with Crippen molar-refractivity contribution in [3.8, 4) is 5.75 Å². The van der Waals surface area contributed by atoms with E-state index in [9.17, 15) is 13.2 Å². The van der Waals surface area contributed by atoms with E-state index in [1.807, 2.05) is 0 Å². The number of hydrogen-bond acceptors (Lipinski definition) is 5. The Balaban J connectivity index is 1.66. The van der Waals surface area contributed by atoms with Crippen molar-refractivity contribution in [2.45, 2.75) is 31.4 Å². The monoisotopic (exact) mass is 421 g/mol. The number of ether oxygens (including phenoxy) is 2. The minimum absolute atomic E-state index is 0.00175. The molecule has 2 saturated heterocycles. The molecule has 0 saturated carbocycles. The van der Waals surface area contributed by atoms with E-state index in [2.05, 4.69) is 0 Å². The molecule has 0 aromatic heterocycles. The van der Waals surface area contributed by atoms with E-state index in [0.29, 0.717) is 35.4 Å². The molecule has 2 aliphatic heterocycles. The van der Waals surface area contributed by atoms with E-state index < -0.39 is 9.84 Å². The van der Waals surface area contributed by atoms with Crippen LogP contribution >= 0.6 is 23.2 Å². The maximum absolute atomic E-state index is 12.7. The predicted molar refractivity (Wildman–Crippen MR) is 99.7 cm³/mol. The summed E-state index contributed by atoms with van der Waals surface area (Å²) in [5.74, 6) is 0.288. The van der Waals surface area contributed by atoms with Crippen LogP contribution in [0.3, 0.4) is 0 Å². The van der Waals surface area contributed by atoms with Gasteiger partial charge in [0.15, 0.2) is 16.4 Å². The molecule has 0 spiro atoms. The molecule has 1 amide bonds. The van der Waals surface area contributed by atoms with Gasteiger partial charge >= 0.3 is 0 Å². The Labute approximate surface area is 163 Å². The van der Waals surface area contributed by atoms with Crippen molar-refractivity contribution in [1.29, 1.82) is 0 Å². The second-order valence-electron chi connectivity index (χ2n) is 6.60. The van der Waals surface area contributed by atoms with Gasteiger partial charge in [-0.1, -0.05) is 23.2 Å². The fourth-order valence-electron chi connectivity index (χ4n) is 3.28. The maximum atomic E-state index is 12.7. The molecule has 144 valence electrons. The Kier molecular flexibility index (Phi) is 6.33. The molecule has 2 aliphatic rings. The topological polar surface area (TPSA) is 72.9 Å². The highest BCUT2D eigenvalue weighted by atomic mass is 35.5. The zero-order valence-corrected chi connectivity index (χ0v) is 16.5. The molecule has 0 N–H and O–H groups in total. The number of rotatable bonds is 6. The standard InChI is InChI=1S/C17H21Cl2NO5S/c18-15-4-3-13(8-16(15)19)25-10-17(21)20(9-14-2-1-6-24-14)12-5-7-26(22,23)11-12/h3-4,8,12,14H,1-2,5-7,9-11H2. The van der Waals surface area contributed by atoms with Gasteiger partial charge in [-0.25, -0.2) is 8.42 Å². The molecule has 9 heteroatoms. The van der Waals surface area contributed by atoms with E-state index in [4.69, 9.17) is 32.7 Å². The van der Waals surface area contributed by atoms with Gasteiger partial charge in [-0.3, -0.25) is 4.79 Å². The largest absolute Gasteiger partial charge is 0.484 e. The van der Waals surface area contributed by atoms with E-state index >= 15 is 0 Å². The van der Waals surface area contributed by atoms with Crippen molar-refractivity contribution < 1.29 is 22.7 Å². The number of hydrogen-bond donors (Lipinski definition) is 0. The zero-order valence-electron chi connectivity index (χ0n) is 14.2. The van der Waals surface area contributed by atoms with Gasteiger partial charge in [-0.05, 0) is 31.4 Å². The van der Waals surface area contributed by atoms with Gasteiger partial charge in [-0.15, -0.1) is 0 Å². The van der Waals surface area contributed by atoms with Crippen molar-refractivity contribution in [1.82, 2.24) is 4.90 Å². The maximum Gasteiger partial charge on any atom is 0.260 e. The average molecular weight is 422 g/mol. The van der Waals surface area contributed by atoms with Crippen LogP contribution in [-0.4, -0.2) is 62.6 Å². The molecule has 3 rings (SSSR count). The molecule has 1 aromatic carbocycles. The second kappa shape index (κ2) is 8.33. The lowest BCUT2D eigenvalue weighted by atomic mass is 10.1. The number of carbonyl (C=O) groups is 1. The number of benzene rings is 1. The van der Waals surface area contributed by atoms with Crippen molar-refractivity contribution >= 4 is 38.9 Å². The van der Waals surface area contributed by atoms with Gasteiger partial charge in [0, 0.05) is 25.3 Å². The lowest BCUT2D eigenvalue weighted by molar-refractivity contribution is -0.137. The molecule has 6 nitrogen and oxygen atoms in total. The number of halogens is 2. The highest BCUT2D eigenvalue weighted by molar-refractivity contribution is 7.91. The lowest BCUT2D eigenvalue weighted by Gasteiger charge is -2.30. The molecular formula is C17H21Cl2NO5S. The highest BCUT2D eigenvalue weighted by Crippen LogP contribution is 2.27. The van der Waals surface area contributed by atoms with Gasteiger partial charge in [0.2, 0.25) is 0 Å². The summed E-state index contributed by atoms with van der Waals surface area (Å²) < 4.78 is 34.8. The molecule has 2 unspecified atom stereocenters. The van der Waals surface area contributed by atoms with Gasteiger partial charge in [0.05, 0.1) is 27.7 Å². The van der Waals surface area contributed by atoms with Gasteiger partial charge in [0.1, 0.15) is 5.75 Å². The van der Waals surface area contributed by atoms with Crippen LogP contribution in [0.25, 0.3) is 0 Å². The first-order chi connectivity index (χ1) is 12.3. The van der Waals surface area contributed by atoms with E-state index in [1.165, 1.54) is 0 Å². The first-order valence-corrected chi connectivity index (χ1v) is 11.1. The van der Waals surface area contributed by atoms with E-state index in [0.717, 1.165) is 12.8 Å². The molecule has 2 atom stereocenters. The fraction of sp³-hybridized carbons (Fsp3) is 0.588. The van der Waals surface area contributed by atoms with Crippen molar-refractivity contribution in [3.63, 3.8) is 0 Å². The molecular weight excluding hydrogens is 401 g/mol. The molecule has 0 aliphatic carbocycles. The Morgan fingerprint density at radius 3 is 2.69 bits per heavy atom. The van der Waals surface area contributed by atoms with Crippen LogP contribution in [0.15, 0.2) is 18.2 Å². The Bertz CT molecular complexity index is 764. The van der Waals surface area contributed by atoms with Crippen LogP contribution in [0.2, 0.25) is 10.0 Å². The Morgan fingerprint density at radius 1 is 1.27 bits per heavy atom. The molecule has 1 aromatic rings. The summed E-state index contributed by atoms with van der Waals surface area (Å²) in [6.45, 7) is 0.875. The minimum Gasteiger partial charge on any atom is -0.484 e. The normalized spacial score (nSPS) is 24.5. The van der Waals surface area contributed by atoms with E-state index in [1.54, 1.807) is 23.1 Å². The fourth-order valence-corrected chi connectivity index (χ4v) is 5.30. The SMILES string of the molecule is O=C(COc1ccc(Cl)c(Cl)c1)N(CC1CCCO1)C1CCS(=O)(=O)C1. The third-order valence-corrected chi connectivity index (χ3v) is 7.14. The quantitative estimate of drug-likeness (QED) is 0.705. The van der Waals surface area contributed by atoms with Gasteiger partial charge in [0.25, 0.3) is 5.91 Å². The van der Waals surface area contributed by atoms with Crippen LogP contribution in [0.4, 0.5) is 0 Å². The first-order valence-electron chi connectivity index (χ1n) is 8.53. The summed E-state index contributed by atoms with van der Waals surface area (Å²) >= 11 is 11.8. The number of sulfone groups is 1. The number of carbonyl (C=O) groups excluding carboxylic acids is 1. The molecule has 26 heavy (non-hydrogen) atoms. The summed E-state index contributed by atoms with van der Waals surface area (Å²) in [6.07, 6.45) is 2.23. The van der Waals surface area contributed by atoms with Crippen LogP contribution in [0.1, 0.15) is 19.3 Å². The lowest BCUT2D eigenvalue weighted by Crippen LogP contribution is -2.47. The van der Waals surface area contributed by atoms with E-state index in [-0.39, 0.29) is 36.2 Å². The molecule has 0 bridgehead atoms. The molecule has 0 radical (unpaired) electrons.